The summed E-state index contributed by atoms with van der Waals surface area (Å²) in [5, 5.41) is 12.3. The van der Waals surface area contributed by atoms with E-state index in [1.165, 1.54) is 22.2 Å². The van der Waals surface area contributed by atoms with Crippen LogP contribution in [0.5, 0.6) is 0 Å². The highest BCUT2D eigenvalue weighted by atomic mass is 32.1. The summed E-state index contributed by atoms with van der Waals surface area (Å²) >= 11 is 6.45. The summed E-state index contributed by atoms with van der Waals surface area (Å²) < 4.78 is 3.95. The van der Waals surface area contributed by atoms with Crippen LogP contribution in [0, 0.1) is 15.3 Å². The SMILES string of the molecule is C=CCn1c(=S)sc2c(=O)n(CC(=O)NC3(C#N)CCCCC3)cnc21. The lowest BCUT2D eigenvalue weighted by molar-refractivity contribution is -0.123. The molecule has 3 rings (SSSR count). The van der Waals surface area contributed by atoms with Crippen LogP contribution in [0.25, 0.3) is 10.3 Å². The normalized spacial score (nSPS) is 16.1. The van der Waals surface area contributed by atoms with Crippen molar-refractivity contribution in [3.8, 4) is 6.07 Å². The zero-order valence-corrected chi connectivity index (χ0v) is 15.9. The molecule has 7 nitrogen and oxygen atoms in total. The van der Waals surface area contributed by atoms with E-state index in [2.05, 4.69) is 22.9 Å². The highest BCUT2D eigenvalue weighted by Crippen LogP contribution is 2.27. The van der Waals surface area contributed by atoms with E-state index in [1.807, 2.05) is 0 Å². The van der Waals surface area contributed by atoms with E-state index >= 15 is 0 Å². The van der Waals surface area contributed by atoms with Crippen molar-refractivity contribution in [1.29, 1.82) is 5.26 Å². The standard InChI is InChI=1S/C17H19N5O2S2/c1-2-8-22-14-13(26-16(22)25)15(24)21(11-19-14)9-12(23)20-17(10-18)6-4-3-5-7-17/h2,11H,1,3-9H2,(H,20,23). The molecule has 26 heavy (non-hydrogen) atoms. The van der Waals surface area contributed by atoms with Crippen LogP contribution in [0.15, 0.2) is 23.8 Å². The number of nitriles is 1. The average molecular weight is 390 g/mol. The van der Waals surface area contributed by atoms with Gasteiger partial charge in [0.25, 0.3) is 5.56 Å². The number of hydrogen-bond donors (Lipinski definition) is 1. The van der Waals surface area contributed by atoms with Crippen molar-refractivity contribution < 1.29 is 4.79 Å². The number of amides is 1. The van der Waals surface area contributed by atoms with Crippen molar-refractivity contribution in [1.82, 2.24) is 19.4 Å². The summed E-state index contributed by atoms with van der Waals surface area (Å²) in [5.74, 6) is -0.356. The molecule has 2 aromatic rings. The maximum atomic E-state index is 12.7. The summed E-state index contributed by atoms with van der Waals surface area (Å²) in [6.45, 7) is 3.98. The molecule has 1 aliphatic carbocycles. The summed E-state index contributed by atoms with van der Waals surface area (Å²) in [6, 6.07) is 2.24. The molecule has 9 heteroatoms. The lowest BCUT2D eigenvalue weighted by Crippen LogP contribution is -2.50. The fraction of sp³-hybridized carbons (Fsp3) is 0.471. The minimum Gasteiger partial charge on any atom is -0.336 e. The number of carbonyl (C=O) groups excluding carboxylic acids is 1. The van der Waals surface area contributed by atoms with Crippen molar-refractivity contribution in [2.24, 2.45) is 0 Å². The number of rotatable bonds is 5. The van der Waals surface area contributed by atoms with Crippen LogP contribution in [-0.2, 0) is 17.9 Å². The number of nitrogens with zero attached hydrogens (tertiary/aromatic N) is 4. The van der Waals surface area contributed by atoms with Gasteiger partial charge in [-0.2, -0.15) is 5.26 Å². The number of carbonyl (C=O) groups is 1. The van der Waals surface area contributed by atoms with E-state index in [0.29, 0.717) is 33.7 Å². The molecule has 0 radical (unpaired) electrons. The van der Waals surface area contributed by atoms with Gasteiger partial charge in [0.2, 0.25) is 5.91 Å². The molecular weight excluding hydrogens is 370 g/mol. The van der Waals surface area contributed by atoms with E-state index < -0.39 is 5.54 Å². The first-order valence-corrected chi connectivity index (χ1v) is 9.64. The number of fused-ring (bicyclic) bond motifs is 1. The summed E-state index contributed by atoms with van der Waals surface area (Å²) in [5.41, 5.74) is -0.624. The third-order valence-electron chi connectivity index (χ3n) is 4.57. The Labute approximate surface area is 159 Å². The van der Waals surface area contributed by atoms with Gasteiger partial charge in [0.05, 0.1) is 6.07 Å². The molecule has 0 spiro atoms. The van der Waals surface area contributed by atoms with Crippen molar-refractivity contribution >= 4 is 39.8 Å². The fourth-order valence-corrected chi connectivity index (χ4v) is 4.57. The van der Waals surface area contributed by atoms with Crippen LogP contribution in [0.1, 0.15) is 32.1 Å². The molecule has 2 aromatic heterocycles. The van der Waals surface area contributed by atoms with Gasteiger partial charge in [-0.25, -0.2) is 4.98 Å². The topological polar surface area (TPSA) is 92.7 Å². The van der Waals surface area contributed by atoms with Gasteiger partial charge in [0, 0.05) is 6.54 Å². The molecule has 1 aliphatic rings. The third kappa shape index (κ3) is 3.48. The Morgan fingerprint density at radius 3 is 2.88 bits per heavy atom. The second-order valence-corrected chi connectivity index (χ2v) is 8.04. The highest BCUT2D eigenvalue weighted by Gasteiger charge is 2.33. The average Bonchev–Trinajstić information content (AvgIpc) is 2.95. The van der Waals surface area contributed by atoms with Gasteiger partial charge >= 0.3 is 0 Å². The lowest BCUT2D eigenvalue weighted by atomic mass is 9.83. The molecule has 0 aliphatic heterocycles. The van der Waals surface area contributed by atoms with Crippen LogP contribution in [0.3, 0.4) is 0 Å². The number of allylic oxidation sites excluding steroid dienone is 1. The number of thiazole rings is 1. The third-order valence-corrected chi connectivity index (χ3v) is 6.00. The second-order valence-electron chi connectivity index (χ2n) is 6.40. The van der Waals surface area contributed by atoms with Gasteiger partial charge < -0.3 is 9.88 Å². The van der Waals surface area contributed by atoms with Crippen molar-refractivity contribution in [3.63, 3.8) is 0 Å². The molecular formula is C17H19N5O2S2. The number of hydrogen-bond acceptors (Lipinski definition) is 6. The minimum absolute atomic E-state index is 0.169. The molecule has 1 amide bonds. The Bertz CT molecular complexity index is 1000. The fourth-order valence-electron chi connectivity index (χ4n) is 3.26. The zero-order chi connectivity index (χ0) is 18.7. The van der Waals surface area contributed by atoms with Crippen LogP contribution in [0.2, 0.25) is 0 Å². The predicted molar refractivity (Wildman–Crippen MR) is 102 cm³/mol. The number of aromatic nitrogens is 3. The number of nitrogens with one attached hydrogen (secondary N) is 1. The second kappa shape index (κ2) is 7.51. The molecule has 136 valence electrons. The minimum atomic E-state index is -0.819. The van der Waals surface area contributed by atoms with E-state index in [-0.39, 0.29) is 18.0 Å². The summed E-state index contributed by atoms with van der Waals surface area (Å²) in [4.78, 5) is 29.4. The molecule has 0 saturated heterocycles. The first kappa shape index (κ1) is 18.5. The quantitative estimate of drug-likeness (QED) is 0.626. The molecule has 0 bridgehead atoms. The monoisotopic (exact) mass is 389 g/mol. The van der Waals surface area contributed by atoms with Crippen LogP contribution >= 0.6 is 23.6 Å². The first-order valence-electron chi connectivity index (χ1n) is 8.41. The van der Waals surface area contributed by atoms with Crippen LogP contribution < -0.4 is 10.9 Å². The predicted octanol–water partition coefficient (Wildman–Crippen LogP) is 2.52. The van der Waals surface area contributed by atoms with Gasteiger partial charge in [0.1, 0.15) is 23.1 Å². The lowest BCUT2D eigenvalue weighted by Gasteiger charge is -2.31. The Hall–Kier alpha value is -2.31. The van der Waals surface area contributed by atoms with E-state index in [1.54, 1.807) is 10.6 Å². The molecule has 0 aromatic carbocycles. The molecule has 1 saturated carbocycles. The smallest absolute Gasteiger partial charge is 0.273 e. The first-order chi connectivity index (χ1) is 12.5. The van der Waals surface area contributed by atoms with Gasteiger partial charge in [-0.3, -0.25) is 14.2 Å². The largest absolute Gasteiger partial charge is 0.336 e. The van der Waals surface area contributed by atoms with E-state index in [9.17, 15) is 14.9 Å². The van der Waals surface area contributed by atoms with Crippen molar-refractivity contribution in [2.75, 3.05) is 0 Å². The molecule has 0 atom stereocenters. The van der Waals surface area contributed by atoms with E-state index in [4.69, 9.17) is 12.2 Å². The Morgan fingerprint density at radius 1 is 1.50 bits per heavy atom. The van der Waals surface area contributed by atoms with Crippen molar-refractivity contribution in [3.05, 3.63) is 33.3 Å². The van der Waals surface area contributed by atoms with Gasteiger partial charge in [0.15, 0.2) is 9.60 Å². The van der Waals surface area contributed by atoms with Gasteiger partial charge in [-0.15, -0.1) is 6.58 Å². The molecule has 2 heterocycles. The maximum absolute atomic E-state index is 12.7. The Kier molecular flexibility index (Phi) is 5.34. The molecule has 0 unspecified atom stereocenters. The maximum Gasteiger partial charge on any atom is 0.273 e. The Balaban J connectivity index is 1.85. The molecule has 1 fully saturated rings. The Morgan fingerprint density at radius 2 is 2.23 bits per heavy atom. The summed E-state index contributed by atoms with van der Waals surface area (Å²) in [7, 11) is 0. The van der Waals surface area contributed by atoms with Gasteiger partial charge in [-0.1, -0.05) is 36.7 Å². The van der Waals surface area contributed by atoms with Crippen LogP contribution in [0.4, 0.5) is 0 Å². The van der Waals surface area contributed by atoms with Crippen LogP contribution in [-0.4, -0.2) is 25.6 Å². The summed E-state index contributed by atoms with van der Waals surface area (Å²) in [6.07, 6.45) is 7.24. The van der Waals surface area contributed by atoms with Gasteiger partial charge in [-0.05, 0) is 25.1 Å². The highest BCUT2D eigenvalue weighted by molar-refractivity contribution is 7.73. The van der Waals surface area contributed by atoms with Crippen molar-refractivity contribution in [2.45, 2.75) is 50.7 Å². The van der Waals surface area contributed by atoms with E-state index in [0.717, 1.165) is 19.3 Å². The zero-order valence-electron chi connectivity index (χ0n) is 14.2. The molecule has 1 N–H and O–H groups in total.